The maximum absolute atomic E-state index is 5.16. The van der Waals surface area contributed by atoms with Crippen molar-refractivity contribution in [2.24, 2.45) is 4.99 Å². The second-order valence-corrected chi connectivity index (χ2v) is 5.02. The Morgan fingerprint density at radius 3 is 2.17 bits per heavy atom. The Kier molecular flexibility index (Phi) is 9.31. The van der Waals surface area contributed by atoms with Gasteiger partial charge in [-0.05, 0) is 16.7 Å². The van der Waals surface area contributed by atoms with Crippen LogP contribution in [0.15, 0.2) is 59.6 Å². The van der Waals surface area contributed by atoms with Crippen molar-refractivity contribution in [2.45, 2.75) is 19.7 Å². The number of aliphatic imine (C=N–C) groups is 1. The molecule has 2 aromatic rings. The minimum atomic E-state index is 0. The zero-order chi connectivity index (χ0) is 15.6. The van der Waals surface area contributed by atoms with Crippen molar-refractivity contribution >= 4 is 29.9 Å². The van der Waals surface area contributed by atoms with Gasteiger partial charge in [0.25, 0.3) is 0 Å². The number of nitrogens with zero attached hydrogens (tertiary/aromatic N) is 1. The molecule has 2 N–H and O–H groups in total. The van der Waals surface area contributed by atoms with Crippen molar-refractivity contribution in [1.29, 1.82) is 0 Å². The standard InChI is InChI=1S/C18H23N3O.HI/c1-19-18(20-12-15-7-4-3-5-8-15)21-13-16-9-6-10-17(11-16)14-22-2;/h3-11H,12-14H2,1-2H3,(H2,19,20,21);1H. The van der Waals surface area contributed by atoms with Crippen LogP contribution in [-0.2, 0) is 24.4 Å². The van der Waals surface area contributed by atoms with Gasteiger partial charge < -0.3 is 15.4 Å². The summed E-state index contributed by atoms with van der Waals surface area (Å²) in [5, 5.41) is 6.63. The minimum Gasteiger partial charge on any atom is -0.380 e. The van der Waals surface area contributed by atoms with Gasteiger partial charge >= 0.3 is 0 Å². The Morgan fingerprint density at radius 1 is 0.913 bits per heavy atom. The number of hydrogen-bond donors (Lipinski definition) is 2. The zero-order valence-electron chi connectivity index (χ0n) is 13.6. The molecular formula is C18H24IN3O. The number of ether oxygens (including phenoxy) is 1. The van der Waals surface area contributed by atoms with Gasteiger partial charge in [0.1, 0.15) is 0 Å². The first-order valence-electron chi connectivity index (χ1n) is 7.37. The number of methoxy groups -OCH3 is 1. The molecule has 4 nitrogen and oxygen atoms in total. The average molecular weight is 425 g/mol. The van der Waals surface area contributed by atoms with Crippen molar-refractivity contribution in [3.8, 4) is 0 Å². The number of benzene rings is 2. The molecule has 0 bridgehead atoms. The molecule has 0 aliphatic carbocycles. The number of nitrogens with one attached hydrogen (secondary N) is 2. The molecule has 2 aromatic carbocycles. The molecule has 0 aromatic heterocycles. The number of hydrogen-bond acceptors (Lipinski definition) is 2. The van der Waals surface area contributed by atoms with E-state index in [1.165, 1.54) is 16.7 Å². The van der Waals surface area contributed by atoms with Gasteiger partial charge in [-0.25, -0.2) is 0 Å². The Balaban J connectivity index is 0.00000264. The number of guanidine groups is 1. The first kappa shape index (κ1) is 19.4. The third-order valence-electron chi connectivity index (χ3n) is 3.29. The van der Waals surface area contributed by atoms with Gasteiger partial charge in [0, 0.05) is 27.2 Å². The smallest absolute Gasteiger partial charge is 0.191 e. The van der Waals surface area contributed by atoms with Gasteiger partial charge in [0.2, 0.25) is 0 Å². The molecule has 5 heteroatoms. The number of rotatable bonds is 6. The highest BCUT2D eigenvalue weighted by Gasteiger charge is 2.00. The van der Waals surface area contributed by atoms with Crippen molar-refractivity contribution in [1.82, 2.24) is 10.6 Å². The van der Waals surface area contributed by atoms with Crippen LogP contribution >= 0.6 is 24.0 Å². The van der Waals surface area contributed by atoms with Crippen LogP contribution in [-0.4, -0.2) is 20.1 Å². The molecule has 0 heterocycles. The topological polar surface area (TPSA) is 45.7 Å². The lowest BCUT2D eigenvalue weighted by molar-refractivity contribution is 0.185. The van der Waals surface area contributed by atoms with Crippen LogP contribution in [0, 0.1) is 0 Å². The second kappa shape index (κ2) is 11.0. The molecule has 0 spiro atoms. The van der Waals surface area contributed by atoms with Crippen LogP contribution in [0.1, 0.15) is 16.7 Å². The van der Waals surface area contributed by atoms with Gasteiger partial charge in [-0.1, -0.05) is 54.6 Å². The van der Waals surface area contributed by atoms with E-state index in [2.05, 4.69) is 46.0 Å². The molecular weight excluding hydrogens is 401 g/mol. The SMILES string of the molecule is CN=C(NCc1ccccc1)NCc1cccc(COC)c1.I. The molecule has 124 valence electrons. The average Bonchev–Trinajstić information content (AvgIpc) is 2.57. The Morgan fingerprint density at radius 2 is 1.52 bits per heavy atom. The zero-order valence-corrected chi connectivity index (χ0v) is 15.9. The van der Waals surface area contributed by atoms with Gasteiger partial charge in [-0.2, -0.15) is 0 Å². The maximum atomic E-state index is 5.16. The minimum absolute atomic E-state index is 0. The quantitative estimate of drug-likeness (QED) is 0.424. The first-order valence-corrected chi connectivity index (χ1v) is 7.37. The van der Waals surface area contributed by atoms with E-state index in [0.717, 1.165) is 19.0 Å². The molecule has 0 atom stereocenters. The summed E-state index contributed by atoms with van der Waals surface area (Å²) in [4.78, 5) is 4.25. The summed E-state index contributed by atoms with van der Waals surface area (Å²) in [6.45, 7) is 2.12. The summed E-state index contributed by atoms with van der Waals surface area (Å²) in [7, 11) is 3.49. The monoisotopic (exact) mass is 425 g/mol. The molecule has 23 heavy (non-hydrogen) atoms. The van der Waals surface area contributed by atoms with Gasteiger partial charge in [-0.3, -0.25) is 4.99 Å². The van der Waals surface area contributed by atoms with Gasteiger partial charge in [0.15, 0.2) is 5.96 Å². The highest BCUT2D eigenvalue weighted by atomic mass is 127. The predicted molar refractivity (Wildman–Crippen MR) is 106 cm³/mol. The van der Waals surface area contributed by atoms with Crippen LogP contribution in [0.3, 0.4) is 0 Å². The summed E-state index contributed by atoms with van der Waals surface area (Å²) in [5.41, 5.74) is 3.61. The van der Waals surface area contributed by atoms with E-state index in [0.29, 0.717) is 6.61 Å². The second-order valence-electron chi connectivity index (χ2n) is 5.02. The lowest BCUT2D eigenvalue weighted by Crippen LogP contribution is -2.36. The maximum Gasteiger partial charge on any atom is 0.191 e. The highest BCUT2D eigenvalue weighted by molar-refractivity contribution is 14.0. The number of halogens is 1. The molecule has 0 radical (unpaired) electrons. The lowest BCUT2D eigenvalue weighted by Gasteiger charge is -2.12. The van der Waals surface area contributed by atoms with E-state index in [1.54, 1.807) is 14.2 Å². The molecule has 0 aliphatic rings. The van der Waals surface area contributed by atoms with Crippen LogP contribution in [0.2, 0.25) is 0 Å². The van der Waals surface area contributed by atoms with Crippen LogP contribution in [0.5, 0.6) is 0 Å². The van der Waals surface area contributed by atoms with Crippen molar-refractivity contribution < 1.29 is 4.74 Å². The molecule has 0 aliphatic heterocycles. The first-order chi connectivity index (χ1) is 10.8. The Labute approximate surface area is 155 Å². The van der Waals surface area contributed by atoms with Gasteiger partial charge in [0.05, 0.1) is 6.61 Å². The normalized spacial score (nSPS) is 10.8. The third kappa shape index (κ3) is 7.00. The fourth-order valence-electron chi connectivity index (χ4n) is 2.18. The molecule has 0 amide bonds. The summed E-state index contributed by atoms with van der Waals surface area (Å²) >= 11 is 0. The van der Waals surface area contributed by atoms with Crippen LogP contribution in [0.4, 0.5) is 0 Å². The Bertz CT molecular complexity index is 602. The van der Waals surface area contributed by atoms with Crippen molar-refractivity contribution in [2.75, 3.05) is 14.2 Å². The molecule has 0 saturated heterocycles. The third-order valence-corrected chi connectivity index (χ3v) is 3.29. The summed E-state index contributed by atoms with van der Waals surface area (Å²) in [5.74, 6) is 0.793. The van der Waals surface area contributed by atoms with E-state index in [4.69, 9.17) is 4.74 Å². The van der Waals surface area contributed by atoms with E-state index < -0.39 is 0 Å². The molecule has 0 fully saturated rings. The summed E-state index contributed by atoms with van der Waals surface area (Å²) < 4.78 is 5.16. The van der Waals surface area contributed by atoms with Gasteiger partial charge in [-0.15, -0.1) is 24.0 Å². The molecule has 2 rings (SSSR count). The Hall–Kier alpha value is -1.60. The lowest BCUT2D eigenvalue weighted by atomic mass is 10.1. The highest BCUT2D eigenvalue weighted by Crippen LogP contribution is 2.06. The van der Waals surface area contributed by atoms with E-state index >= 15 is 0 Å². The fourth-order valence-corrected chi connectivity index (χ4v) is 2.18. The fraction of sp³-hybridized carbons (Fsp3) is 0.278. The van der Waals surface area contributed by atoms with Crippen molar-refractivity contribution in [3.05, 3.63) is 71.3 Å². The van der Waals surface area contributed by atoms with Crippen LogP contribution < -0.4 is 10.6 Å². The van der Waals surface area contributed by atoms with E-state index in [9.17, 15) is 0 Å². The largest absolute Gasteiger partial charge is 0.380 e. The van der Waals surface area contributed by atoms with E-state index in [1.807, 2.05) is 24.3 Å². The summed E-state index contributed by atoms with van der Waals surface area (Å²) in [6, 6.07) is 18.6. The molecule has 0 saturated carbocycles. The van der Waals surface area contributed by atoms with Crippen molar-refractivity contribution in [3.63, 3.8) is 0 Å². The van der Waals surface area contributed by atoms with Crippen LogP contribution in [0.25, 0.3) is 0 Å². The van der Waals surface area contributed by atoms with E-state index in [-0.39, 0.29) is 24.0 Å². The molecule has 0 unspecified atom stereocenters. The predicted octanol–water partition coefficient (Wildman–Crippen LogP) is 3.32. The summed E-state index contributed by atoms with van der Waals surface area (Å²) in [6.07, 6.45) is 0.